The molecule has 3 N–H and O–H groups in total. The second-order valence-corrected chi connectivity index (χ2v) is 11.2. The number of amides is 3. The van der Waals surface area contributed by atoms with Gasteiger partial charge in [0.15, 0.2) is 5.12 Å². The summed E-state index contributed by atoms with van der Waals surface area (Å²) < 4.78 is 5.64. The van der Waals surface area contributed by atoms with E-state index in [1.54, 1.807) is 38.1 Å². The van der Waals surface area contributed by atoms with Gasteiger partial charge in [0, 0.05) is 12.2 Å². The van der Waals surface area contributed by atoms with E-state index in [2.05, 4.69) is 27.9 Å². The van der Waals surface area contributed by atoms with E-state index < -0.39 is 29.9 Å². The van der Waals surface area contributed by atoms with Crippen molar-refractivity contribution < 1.29 is 28.7 Å². The molecule has 0 saturated heterocycles. The van der Waals surface area contributed by atoms with Gasteiger partial charge >= 0.3 is 5.97 Å². The fourth-order valence-corrected chi connectivity index (χ4v) is 4.70. The molecule has 10 nitrogen and oxygen atoms in total. The van der Waals surface area contributed by atoms with Gasteiger partial charge in [-0.2, -0.15) is 0 Å². The van der Waals surface area contributed by atoms with Gasteiger partial charge in [-0.25, -0.2) is 9.78 Å². The van der Waals surface area contributed by atoms with Crippen molar-refractivity contribution in [3.8, 4) is 0 Å². The number of thioether (sulfide) groups is 1. The highest BCUT2D eigenvalue weighted by atomic mass is 32.2. The van der Waals surface area contributed by atoms with Crippen LogP contribution in [0.4, 0.5) is 0 Å². The number of esters is 1. The Morgan fingerprint density at radius 1 is 1.07 bits per heavy atom. The predicted octanol–water partition coefficient (Wildman–Crippen LogP) is 3.45. The van der Waals surface area contributed by atoms with E-state index in [4.69, 9.17) is 4.74 Å². The molecule has 11 heteroatoms. The average Bonchev–Trinajstić information content (AvgIpc) is 2.92. The molecule has 2 heterocycles. The van der Waals surface area contributed by atoms with Crippen LogP contribution in [0, 0.1) is 5.92 Å². The smallest absolute Gasteiger partial charge is 0.329 e. The number of hydrogen-bond acceptors (Lipinski definition) is 8. The number of pyridine rings is 1. The third-order valence-electron chi connectivity index (χ3n) is 6.19. The minimum atomic E-state index is -0.969. The van der Waals surface area contributed by atoms with Crippen LogP contribution in [0.25, 0.3) is 0 Å². The largest absolute Gasteiger partial charge is 0.456 e. The standard InChI is InChI=1S/C29H42N4O6S/c1-4-5-6-7-8-15-26(36)40-16-10-9-13-22-17-24(34)30-18-21-12-11-14-23(32-21)28(37)31-19-25(35)33-27(20(2)3)29(38)39-22/h9,11-14,20,22,27H,4-8,10,15-19H2,1-3H3,(H,30,34)(H,31,37)(H,33,35)/b13-9+/t22-,27+/m1/s1. The van der Waals surface area contributed by atoms with Gasteiger partial charge in [-0.3, -0.25) is 19.2 Å². The Morgan fingerprint density at radius 2 is 1.85 bits per heavy atom. The van der Waals surface area contributed by atoms with E-state index in [9.17, 15) is 24.0 Å². The van der Waals surface area contributed by atoms with E-state index in [1.807, 2.05) is 0 Å². The normalized spacial score (nSPS) is 19.2. The topological polar surface area (TPSA) is 144 Å². The number of cyclic esters (lactones) is 1. The number of fused-ring (bicyclic) bond motifs is 2. The van der Waals surface area contributed by atoms with Crippen LogP contribution < -0.4 is 16.0 Å². The maximum Gasteiger partial charge on any atom is 0.329 e. The third-order valence-corrected chi connectivity index (χ3v) is 7.16. The molecule has 3 amide bonds. The van der Waals surface area contributed by atoms with Crippen molar-refractivity contribution >= 4 is 40.6 Å². The minimum Gasteiger partial charge on any atom is -0.456 e. The van der Waals surface area contributed by atoms with Crippen molar-refractivity contribution in [2.24, 2.45) is 5.92 Å². The highest BCUT2D eigenvalue weighted by Gasteiger charge is 2.28. The number of aromatic nitrogens is 1. The van der Waals surface area contributed by atoms with Gasteiger partial charge in [0.2, 0.25) is 11.8 Å². The Kier molecular flexibility index (Phi) is 15.0. The third kappa shape index (κ3) is 12.8. The van der Waals surface area contributed by atoms with Crippen LogP contribution in [0.3, 0.4) is 0 Å². The minimum absolute atomic E-state index is 0.0800. The summed E-state index contributed by atoms with van der Waals surface area (Å²) in [6, 6.07) is 3.85. The maximum atomic E-state index is 13.0. The molecular weight excluding hydrogens is 532 g/mol. The second-order valence-electron chi connectivity index (χ2n) is 10.0. The van der Waals surface area contributed by atoms with Crippen LogP contribution >= 0.6 is 11.8 Å². The van der Waals surface area contributed by atoms with Crippen LogP contribution in [-0.4, -0.2) is 58.2 Å². The molecule has 0 unspecified atom stereocenters. The molecule has 1 aliphatic heterocycles. The monoisotopic (exact) mass is 574 g/mol. The van der Waals surface area contributed by atoms with Crippen LogP contribution in [0.15, 0.2) is 30.4 Å². The lowest BCUT2D eigenvalue weighted by molar-refractivity contribution is -0.153. The summed E-state index contributed by atoms with van der Waals surface area (Å²) in [5, 5.41) is 8.02. The number of rotatable bonds is 11. The Bertz CT molecular complexity index is 1050. The number of carbonyl (C=O) groups excluding carboxylic acids is 5. The molecule has 1 aromatic rings. The molecule has 2 rings (SSSR count). The molecule has 40 heavy (non-hydrogen) atoms. The molecule has 0 saturated carbocycles. The molecule has 0 spiro atoms. The summed E-state index contributed by atoms with van der Waals surface area (Å²) in [6.07, 6.45) is 9.10. The lowest BCUT2D eigenvalue weighted by Gasteiger charge is -2.23. The molecule has 220 valence electrons. The maximum absolute atomic E-state index is 13.0. The van der Waals surface area contributed by atoms with Gasteiger partial charge in [0.25, 0.3) is 5.91 Å². The molecule has 1 aliphatic rings. The number of unbranched alkanes of at least 4 members (excludes halogenated alkanes) is 4. The van der Waals surface area contributed by atoms with Crippen molar-refractivity contribution in [2.45, 2.75) is 90.8 Å². The first-order valence-corrected chi connectivity index (χ1v) is 15.0. The molecule has 2 bridgehead atoms. The SMILES string of the molecule is CCCCCCCC(=O)SCC/C=C/[C@@H]1CC(=O)NCc2cccc(n2)C(=O)NCC(=O)N[C@@H](C(C)C)C(=O)O1. The quantitative estimate of drug-likeness (QED) is 0.207. The lowest BCUT2D eigenvalue weighted by atomic mass is 10.0. The first kappa shape index (κ1) is 33.0. The van der Waals surface area contributed by atoms with Crippen molar-refractivity contribution in [2.75, 3.05) is 12.3 Å². The number of carbonyl (C=O) groups is 5. The Morgan fingerprint density at radius 3 is 2.60 bits per heavy atom. The fraction of sp³-hybridized carbons (Fsp3) is 0.586. The Balaban J connectivity index is 2.04. The first-order chi connectivity index (χ1) is 19.2. The van der Waals surface area contributed by atoms with E-state index in [0.717, 1.165) is 19.3 Å². The van der Waals surface area contributed by atoms with Crippen LogP contribution in [0.5, 0.6) is 0 Å². The van der Waals surface area contributed by atoms with E-state index in [1.165, 1.54) is 30.7 Å². The molecule has 0 aliphatic carbocycles. The summed E-state index contributed by atoms with van der Waals surface area (Å²) in [4.78, 5) is 66.9. The molecular formula is C29H42N4O6S. The second kappa shape index (κ2) is 18.2. The van der Waals surface area contributed by atoms with Crippen molar-refractivity contribution in [3.63, 3.8) is 0 Å². The molecule has 2 atom stereocenters. The lowest BCUT2D eigenvalue weighted by Crippen LogP contribution is -2.49. The summed E-state index contributed by atoms with van der Waals surface area (Å²) in [5.74, 6) is -1.85. The summed E-state index contributed by atoms with van der Waals surface area (Å²) >= 11 is 1.29. The molecule has 0 aromatic carbocycles. The van der Waals surface area contributed by atoms with Gasteiger partial charge < -0.3 is 20.7 Å². The number of nitrogens with one attached hydrogen (secondary N) is 3. The van der Waals surface area contributed by atoms with Crippen molar-refractivity contribution in [3.05, 3.63) is 41.7 Å². The number of allylic oxidation sites excluding steroid dienone is 1. The van der Waals surface area contributed by atoms with Gasteiger partial charge in [-0.1, -0.05) is 70.4 Å². The fourth-order valence-electron chi connectivity index (χ4n) is 3.93. The number of ether oxygens (including phenoxy) is 1. The number of hydrogen-bond donors (Lipinski definition) is 3. The van der Waals surface area contributed by atoms with E-state index in [-0.39, 0.29) is 42.1 Å². The summed E-state index contributed by atoms with van der Waals surface area (Å²) in [5.41, 5.74) is 0.577. The molecule has 1 aromatic heterocycles. The Labute approximate surface area is 240 Å². The molecule has 0 radical (unpaired) electrons. The summed E-state index contributed by atoms with van der Waals surface area (Å²) in [7, 11) is 0. The average molecular weight is 575 g/mol. The van der Waals surface area contributed by atoms with Crippen molar-refractivity contribution in [1.29, 1.82) is 0 Å². The zero-order valence-electron chi connectivity index (χ0n) is 23.7. The van der Waals surface area contributed by atoms with Gasteiger partial charge in [0.1, 0.15) is 17.8 Å². The van der Waals surface area contributed by atoms with Gasteiger partial charge in [0.05, 0.1) is 25.2 Å². The van der Waals surface area contributed by atoms with Crippen LogP contribution in [0.1, 0.15) is 88.3 Å². The first-order valence-electron chi connectivity index (χ1n) is 14.0. The van der Waals surface area contributed by atoms with Crippen LogP contribution in [-0.2, 0) is 30.5 Å². The highest BCUT2D eigenvalue weighted by Crippen LogP contribution is 2.14. The van der Waals surface area contributed by atoms with Gasteiger partial charge in [-0.15, -0.1) is 0 Å². The summed E-state index contributed by atoms with van der Waals surface area (Å²) in [6.45, 7) is 5.42. The number of nitrogens with zero attached hydrogens (tertiary/aromatic N) is 1. The zero-order valence-corrected chi connectivity index (χ0v) is 24.5. The van der Waals surface area contributed by atoms with Gasteiger partial charge in [-0.05, 0) is 37.0 Å². The van der Waals surface area contributed by atoms with E-state index in [0.29, 0.717) is 24.3 Å². The highest BCUT2D eigenvalue weighted by molar-refractivity contribution is 8.13. The van der Waals surface area contributed by atoms with E-state index >= 15 is 0 Å². The van der Waals surface area contributed by atoms with Crippen LogP contribution in [0.2, 0.25) is 0 Å². The Hall–Kier alpha value is -3.21. The predicted molar refractivity (Wildman–Crippen MR) is 154 cm³/mol. The molecule has 0 fully saturated rings. The zero-order chi connectivity index (χ0) is 29.3. The van der Waals surface area contributed by atoms with Crippen molar-refractivity contribution in [1.82, 2.24) is 20.9 Å².